The molecule has 0 amide bonds. The van der Waals surface area contributed by atoms with Crippen LogP contribution in [0.4, 0.5) is 0 Å². The van der Waals surface area contributed by atoms with Crippen LogP contribution in [0.3, 0.4) is 0 Å². The van der Waals surface area contributed by atoms with Gasteiger partial charge in [0.05, 0.1) is 16.8 Å². The first-order chi connectivity index (χ1) is 12.5. The van der Waals surface area contributed by atoms with Gasteiger partial charge in [0.15, 0.2) is 5.82 Å². The Bertz CT molecular complexity index is 938. The van der Waals surface area contributed by atoms with Gasteiger partial charge in [0.25, 0.3) is 0 Å². The molecule has 0 aliphatic carbocycles. The maximum Gasteiger partial charge on any atom is 0.341 e. The normalized spacial score (nSPS) is 10.3. The molecule has 0 fully saturated rings. The van der Waals surface area contributed by atoms with Crippen molar-refractivity contribution in [3.8, 4) is 11.4 Å². The lowest BCUT2D eigenvalue weighted by Gasteiger charge is -2.08. The average Bonchev–Trinajstić information content (AvgIpc) is 2.67. The number of aromatic carboxylic acids is 1. The highest BCUT2D eigenvalue weighted by Crippen LogP contribution is 2.16. The van der Waals surface area contributed by atoms with E-state index in [1.54, 1.807) is 19.1 Å². The fourth-order valence-electron chi connectivity index (χ4n) is 2.36. The Balaban J connectivity index is 1.69. The van der Waals surface area contributed by atoms with E-state index in [0.29, 0.717) is 22.6 Å². The van der Waals surface area contributed by atoms with Crippen LogP contribution < -0.4 is 0 Å². The molecule has 3 aromatic rings. The van der Waals surface area contributed by atoms with E-state index >= 15 is 0 Å². The molecule has 3 rings (SSSR count). The number of esters is 1. The van der Waals surface area contributed by atoms with Crippen LogP contribution in [0.2, 0.25) is 0 Å². The summed E-state index contributed by atoms with van der Waals surface area (Å²) >= 11 is 0. The summed E-state index contributed by atoms with van der Waals surface area (Å²) in [5, 5.41) is 8.88. The highest BCUT2D eigenvalue weighted by Gasteiger charge is 2.14. The standard InChI is InChI=1S/C20H16N2O4/c1-13-17(11-21-18(22-13)15-5-3-2-4-6-15)20(25)26-12-14-7-9-16(10-8-14)19(23)24/h2-11H,12H2,1H3,(H,23,24). The van der Waals surface area contributed by atoms with Crippen molar-refractivity contribution in [2.75, 3.05) is 0 Å². The summed E-state index contributed by atoms with van der Waals surface area (Å²) in [5.74, 6) is -0.979. The summed E-state index contributed by atoms with van der Waals surface area (Å²) in [4.78, 5) is 31.7. The second kappa shape index (κ2) is 7.57. The number of aromatic nitrogens is 2. The number of hydrogen-bond donors (Lipinski definition) is 1. The van der Waals surface area contributed by atoms with E-state index in [4.69, 9.17) is 9.84 Å². The lowest BCUT2D eigenvalue weighted by atomic mass is 10.1. The van der Waals surface area contributed by atoms with Crippen LogP contribution in [-0.4, -0.2) is 27.0 Å². The van der Waals surface area contributed by atoms with Crippen LogP contribution in [0.25, 0.3) is 11.4 Å². The van der Waals surface area contributed by atoms with E-state index in [2.05, 4.69) is 9.97 Å². The van der Waals surface area contributed by atoms with Crippen LogP contribution in [0.15, 0.2) is 60.8 Å². The monoisotopic (exact) mass is 348 g/mol. The smallest absolute Gasteiger partial charge is 0.341 e. The van der Waals surface area contributed by atoms with E-state index in [9.17, 15) is 9.59 Å². The second-order valence-electron chi connectivity index (χ2n) is 5.64. The van der Waals surface area contributed by atoms with Crippen molar-refractivity contribution < 1.29 is 19.4 Å². The minimum Gasteiger partial charge on any atom is -0.478 e. The third-order valence-electron chi connectivity index (χ3n) is 3.80. The van der Waals surface area contributed by atoms with Crippen molar-refractivity contribution in [1.82, 2.24) is 9.97 Å². The zero-order chi connectivity index (χ0) is 18.5. The summed E-state index contributed by atoms with van der Waals surface area (Å²) in [5.41, 5.74) is 2.58. The van der Waals surface area contributed by atoms with E-state index in [-0.39, 0.29) is 12.2 Å². The quantitative estimate of drug-likeness (QED) is 0.710. The molecule has 0 bridgehead atoms. The molecule has 0 saturated carbocycles. The predicted octanol–water partition coefficient (Wildman–Crippen LogP) is 3.51. The summed E-state index contributed by atoms with van der Waals surface area (Å²) < 4.78 is 5.27. The first kappa shape index (κ1) is 17.3. The van der Waals surface area contributed by atoms with Gasteiger partial charge in [-0.3, -0.25) is 0 Å². The largest absolute Gasteiger partial charge is 0.478 e. The van der Waals surface area contributed by atoms with Crippen molar-refractivity contribution in [2.24, 2.45) is 0 Å². The molecule has 1 N–H and O–H groups in total. The fraction of sp³-hybridized carbons (Fsp3) is 0.100. The van der Waals surface area contributed by atoms with Crippen LogP contribution in [0.5, 0.6) is 0 Å². The van der Waals surface area contributed by atoms with Gasteiger partial charge in [-0.25, -0.2) is 19.6 Å². The molecule has 0 aliphatic heterocycles. The Morgan fingerprint density at radius 2 is 1.73 bits per heavy atom. The molecule has 0 atom stereocenters. The number of carboxylic acids is 1. The van der Waals surface area contributed by atoms with Gasteiger partial charge in [0, 0.05) is 11.8 Å². The average molecular weight is 348 g/mol. The summed E-state index contributed by atoms with van der Waals surface area (Å²) in [6.45, 7) is 1.77. The lowest BCUT2D eigenvalue weighted by Crippen LogP contribution is -2.10. The predicted molar refractivity (Wildman–Crippen MR) is 94.7 cm³/mol. The third kappa shape index (κ3) is 3.92. The van der Waals surface area contributed by atoms with Crippen LogP contribution in [-0.2, 0) is 11.3 Å². The zero-order valence-corrected chi connectivity index (χ0v) is 14.0. The van der Waals surface area contributed by atoms with Crippen LogP contribution in [0.1, 0.15) is 32.0 Å². The zero-order valence-electron chi connectivity index (χ0n) is 14.0. The van der Waals surface area contributed by atoms with E-state index < -0.39 is 11.9 Å². The van der Waals surface area contributed by atoms with Gasteiger partial charge in [-0.2, -0.15) is 0 Å². The molecule has 2 aromatic carbocycles. The van der Waals surface area contributed by atoms with Gasteiger partial charge in [0.2, 0.25) is 0 Å². The number of benzene rings is 2. The minimum atomic E-state index is -1.00. The number of carbonyl (C=O) groups excluding carboxylic acids is 1. The van der Waals surface area contributed by atoms with Crippen molar-refractivity contribution in [3.63, 3.8) is 0 Å². The molecule has 130 valence electrons. The molecule has 0 aliphatic rings. The Kier molecular flexibility index (Phi) is 5.03. The van der Waals surface area contributed by atoms with Crippen LogP contribution >= 0.6 is 0 Å². The molecule has 0 unspecified atom stereocenters. The SMILES string of the molecule is Cc1nc(-c2ccccc2)ncc1C(=O)OCc1ccc(C(=O)O)cc1. The van der Waals surface area contributed by atoms with E-state index in [0.717, 1.165) is 5.56 Å². The van der Waals surface area contributed by atoms with E-state index in [1.165, 1.54) is 18.3 Å². The Labute approximate surface area is 150 Å². The number of ether oxygens (including phenoxy) is 1. The highest BCUT2D eigenvalue weighted by molar-refractivity contribution is 5.90. The van der Waals surface area contributed by atoms with Crippen LogP contribution in [0, 0.1) is 6.92 Å². The second-order valence-corrected chi connectivity index (χ2v) is 5.64. The van der Waals surface area contributed by atoms with Gasteiger partial charge in [-0.15, -0.1) is 0 Å². The van der Waals surface area contributed by atoms with Crippen molar-refractivity contribution in [1.29, 1.82) is 0 Å². The summed E-state index contributed by atoms with van der Waals surface area (Å²) in [6, 6.07) is 15.6. The molecule has 1 aromatic heterocycles. The number of aryl methyl sites for hydroxylation is 1. The molecule has 6 nitrogen and oxygen atoms in total. The highest BCUT2D eigenvalue weighted by atomic mass is 16.5. The van der Waals surface area contributed by atoms with Gasteiger partial charge in [-0.1, -0.05) is 42.5 Å². The number of nitrogens with zero attached hydrogens (tertiary/aromatic N) is 2. The van der Waals surface area contributed by atoms with E-state index in [1.807, 2.05) is 30.3 Å². The van der Waals surface area contributed by atoms with Crippen molar-refractivity contribution >= 4 is 11.9 Å². The third-order valence-corrected chi connectivity index (χ3v) is 3.80. The van der Waals surface area contributed by atoms with Gasteiger partial charge < -0.3 is 9.84 Å². The number of carboxylic acid groups (broad SMARTS) is 1. The van der Waals surface area contributed by atoms with Gasteiger partial charge in [0.1, 0.15) is 6.61 Å². The Morgan fingerprint density at radius 1 is 1.04 bits per heavy atom. The number of hydrogen-bond acceptors (Lipinski definition) is 5. The summed E-state index contributed by atoms with van der Waals surface area (Å²) in [7, 11) is 0. The molecule has 6 heteroatoms. The molecule has 1 heterocycles. The molecule has 0 spiro atoms. The molecule has 0 radical (unpaired) electrons. The maximum absolute atomic E-state index is 12.3. The Hall–Kier alpha value is -3.54. The van der Waals surface area contributed by atoms with Gasteiger partial charge in [-0.05, 0) is 24.6 Å². The summed E-state index contributed by atoms with van der Waals surface area (Å²) in [6.07, 6.45) is 1.46. The minimum absolute atomic E-state index is 0.0403. The van der Waals surface area contributed by atoms with Gasteiger partial charge >= 0.3 is 11.9 Å². The Morgan fingerprint density at radius 3 is 2.35 bits per heavy atom. The number of rotatable bonds is 5. The first-order valence-electron chi connectivity index (χ1n) is 7.93. The molecule has 0 saturated heterocycles. The van der Waals surface area contributed by atoms with Crippen molar-refractivity contribution in [3.05, 3.63) is 83.2 Å². The fourth-order valence-corrected chi connectivity index (χ4v) is 2.36. The molecular formula is C20H16N2O4. The maximum atomic E-state index is 12.3. The topological polar surface area (TPSA) is 89.4 Å². The molecule has 26 heavy (non-hydrogen) atoms. The number of carbonyl (C=O) groups is 2. The first-order valence-corrected chi connectivity index (χ1v) is 7.93. The van der Waals surface area contributed by atoms with Crippen molar-refractivity contribution in [2.45, 2.75) is 13.5 Å². The lowest BCUT2D eigenvalue weighted by molar-refractivity contribution is 0.0470. The molecular weight excluding hydrogens is 332 g/mol.